The predicted octanol–water partition coefficient (Wildman–Crippen LogP) is 2.00. The Bertz CT molecular complexity index is 571. The first-order valence-electron chi connectivity index (χ1n) is 6.68. The summed E-state index contributed by atoms with van der Waals surface area (Å²) in [6.07, 6.45) is 0. The van der Waals surface area contributed by atoms with Gasteiger partial charge in [-0.25, -0.2) is 0 Å². The Morgan fingerprint density at radius 1 is 1.40 bits per heavy atom. The summed E-state index contributed by atoms with van der Waals surface area (Å²) in [5.41, 5.74) is 1.76. The Hall–Kier alpha value is -1.66. The predicted molar refractivity (Wildman–Crippen MR) is 76.7 cm³/mol. The van der Waals surface area contributed by atoms with E-state index in [1.54, 1.807) is 24.3 Å². The first kappa shape index (κ1) is 13.3. The molecule has 3 rings (SSSR count). The first-order valence-corrected chi connectivity index (χ1v) is 7.62. The van der Waals surface area contributed by atoms with Crippen LogP contribution in [-0.4, -0.2) is 47.0 Å². The van der Waals surface area contributed by atoms with Crippen LogP contribution in [0.25, 0.3) is 0 Å². The summed E-state index contributed by atoms with van der Waals surface area (Å²) in [4.78, 5) is 16.4. The number of piperazine rings is 1. The fourth-order valence-corrected chi connectivity index (χ4v) is 3.04. The van der Waals surface area contributed by atoms with Crippen LogP contribution in [0.4, 0.5) is 0 Å². The van der Waals surface area contributed by atoms with Crippen LogP contribution in [-0.2, 0) is 6.54 Å². The van der Waals surface area contributed by atoms with Gasteiger partial charge >= 0.3 is 0 Å². The Balaban J connectivity index is 1.54. The summed E-state index contributed by atoms with van der Waals surface area (Å²) in [7, 11) is 0. The second kappa shape index (κ2) is 5.76. The molecule has 1 fully saturated rings. The van der Waals surface area contributed by atoms with Gasteiger partial charge in [0.25, 0.3) is 5.91 Å². The molecule has 106 valence electrons. The molecule has 0 radical (unpaired) electrons. The number of amides is 1. The van der Waals surface area contributed by atoms with Crippen LogP contribution in [0.2, 0.25) is 0 Å². The average molecular weight is 291 g/mol. The maximum Gasteiger partial charge on any atom is 0.276 e. The normalized spacial score (nSPS) is 16.6. The van der Waals surface area contributed by atoms with Gasteiger partial charge in [0, 0.05) is 38.8 Å². The van der Waals surface area contributed by atoms with E-state index in [0.29, 0.717) is 11.5 Å². The molecule has 0 aromatic carbocycles. The Morgan fingerprint density at radius 2 is 2.20 bits per heavy atom. The Kier molecular flexibility index (Phi) is 3.84. The Labute approximate surface area is 121 Å². The monoisotopic (exact) mass is 291 g/mol. The lowest BCUT2D eigenvalue weighted by atomic mass is 10.2. The second-order valence-electron chi connectivity index (χ2n) is 5.02. The molecule has 5 nitrogen and oxygen atoms in total. The maximum atomic E-state index is 12.2. The molecule has 0 atom stereocenters. The fraction of sp³-hybridized carbons (Fsp3) is 0.429. The van der Waals surface area contributed by atoms with Crippen molar-refractivity contribution in [1.82, 2.24) is 15.0 Å². The molecule has 0 bridgehead atoms. The largest absolute Gasteiger partial charge is 0.361 e. The number of thiophene rings is 1. The van der Waals surface area contributed by atoms with Crippen LogP contribution in [0.5, 0.6) is 0 Å². The fourth-order valence-electron chi connectivity index (χ4n) is 2.38. The van der Waals surface area contributed by atoms with E-state index in [1.807, 2.05) is 4.90 Å². The zero-order valence-electron chi connectivity index (χ0n) is 11.4. The number of aromatic nitrogens is 1. The lowest BCUT2D eigenvalue weighted by molar-refractivity contribution is 0.0618. The van der Waals surface area contributed by atoms with E-state index in [1.165, 1.54) is 5.56 Å². The van der Waals surface area contributed by atoms with Crippen molar-refractivity contribution in [3.05, 3.63) is 39.9 Å². The standard InChI is InChI=1S/C14H17N3O2S/c1-11-8-13(15-19-11)14(18)17-5-3-16(4-6-17)9-12-2-7-20-10-12/h2,7-8,10H,3-6,9H2,1H3. The smallest absolute Gasteiger partial charge is 0.276 e. The van der Waals surface area contributed by atoms with E-state index in [0.717, 1.165) is 32.7 Å². The minimum Gasteiger partial charge on any atom is -0.361 e. The number of carbonyl (C=O) groups is 1. The molecule has 0 saturated carbocycles. The van der Waals surface area contributed by atoms with Crippen LogP contribution >= 0.6 is 11.3 Å². The van der Waals surface area contributed by atoms with Crippen molar-refractivity contribution in [1.29, 1.82) is 0 Å². The van der Waals surface area contributed by atoms with Gasteiger partial charge in [0.05, 0.1) is 0 Å². The van der Waals surface area contributed by atoms with E-state index in [9.17, 15) is 4.79 Å². The molecule has 0 N–H and O–H groups in total. The van der Waals surface area contributed by atoms with Crippen LogP contribution in [0.1, 0.15) is 21.8 Å². The number of hydrogen-bond acceptors (Lipinski definition) is 5. The van der Waals surface area contributed by atoms with Crippen LogP contribution in [0.3, 0.4) is 0 Å². The topological polar surface area (TPSA) is 49.6 Å². The van der Waals surface area contributed by atoms with Crippen molar-refractivity contribution in [2.45, 2.75) is 13.5 Å². The van der Waals surface area contributed by atoms with E-state index >= 15 is 0 Å². The average Bonchev–Trinajstić information content (AvgIpc) is 3.10. The van der Waals surface area contributed by atoms with E-state index in [-0.39, 0.29) is 5.91 Å². The van der Waals surface area contributed by atoms with E-state index < -0.39 is 0 Å². The summed E-state index contributed by atoms with van der Waals surface area (Å²) < 4.78 is 4.96. The SMILES string of the molecule is Cc1cc(C(=O)N2CCN(Cc3ccsc3)CC2)no1. The van der Waals surface area contributed by atoms with Crippen LogP contribution in [0, 0.1) is 6.92 Å². The molecule has 0 unspecified atom stereocenters. The lowest BCUT2D eigenvalue weighted by Gasteiger charge is -2.34. The molecule has 1 amide bonds. The molecule has 6 heteroatoms. The van der Waals surface area contributed by atoms with Crippen molar-refractivity contribution in [2.75, 3.05) is 26.2 Å². The minimum absolute atomic E-state index is 0.0305. The highest BCUT2D eigenvalue weighted by molar-refractivity contribution is 7.07. The third-order valence-corrected chi connectivity index (χ3v) is 4.22. The summed E-state index contributed by atoms with van der Waals surface area (Å²) in [5.74, 6) is 0.640. The van der Waals surface area contributed by atoms with Gasteiger partial charge in [-0.1, -0.05) is 5.16 Å². The van der Waals surface area contributed by atoms with Gasteiger partial charge in [-0.3, -0.25) is 9.69 Å². The highest BCUT2D eigenvalue weighted by Gasteiger charge is 2.24. The van der Waals surface area contributed by atoms with Gasteiger partial charge in [-0.05, 0) is 29.3 Å². The number of nitrogens with zero attached hydrogens (tertiary/aromatic N) is 3. The minimum atomic E-state index is -0.0305. The molecule has 2 aromatic rings. The molecule has 2 aromatic heterocycles. The van der Waals surface area contributed by atoms with Crippen molar-refractivity contribution in [3.63, 3.8) is 0 Å². The molecule has 1 saturated heterocycles. The number of hydrogen-bond donors (Lipinski definition) is 0. The summed E-state index contributed by atoms with van der Waals surface area (Å²) in [6, 6.07) is 3.85. The van der Waals surface area contributed by atoms with Gasteiger partial charge in [0.2, 0.25) is 0 Å². The molecular weight excluding hydrogens is 274 g/mol. The van der Waals surface area contributed by atoms with E-state index in [2.05, 4.69) is 26.9 Å². The summed E-state index contributed by atoms with van der Waals surface area (Å²) in [5, 5.41) is 8.07. The van der Waals surface area contributed by atoms with Crippen molar-refractivity contribution >= 4 is 17.2 Å². The Morgan fingerprint density at radius 3 is 2.80 bits per heavy atom. The van der Waals surface area contributed by atoms with Gasteiger partial charge in [-0.15, -0.1) is 0 Å². The number of rotatable bonds is 3. The third-order valence-electron chi connectivity index (χ3n) is 3.49. The molecule has 1 aliphatic heterocycles. The van der Waals surface area contributed by atoms with Crippen LogP contribution in [0.15, 0.2) is 27.4 Å². The highest BCUT2D eigenvalue weighted by atomic mass is 32.1. The van der Waals surface area contributed by atoms with Gasteiger partial charge in [0.1, 0.15) is 5.76 Å². The number of aryl methyl sites for hydroxylation is 1. The zero-order chi connectivity index (χ0) is 13.9. The maximum absolute atomic E-state index is 12.2. The van der Waals surface area contributed by atoms with Crippen LogP contribution < -0.4 is 0 Å². The second-order valence-corrected chi connectivity index (χ2v) is 5.80. The summed E-state index contributed by atoms with van der Waals surface area (Å²) >= 11 is 1.72. The van der Waals surface area contributed by atoms with Gasteiger partial charge in [0.15, 0.2) is 5.69 Å². The van der Waals surface area contributed by atoms with Crippen molar-refractivity contribution < 1.29 is 9.32 Å². The van der Waals surface area contributed by atoms with E-state index in [4.69, 9.17) is 4.52 Å². The molecule has 1 aliphatic rings. The highest BCUT2D eigenvalue weighted by Crippen LogP contribution is 2.13. The lowest BCUT2D eigenvalue weighted by Crippen LogP contribution is -2.48. The molecule has 20 heavy (non-hydrogen) atoms. The molecule has 0 aliphatic carbocycles. The molecule has 0 spiro atoms. The quantitative estimate of drug-likeness (QED) is 0.868. The number of carbonyl (C=O) groups excluding carboxylic acids is 1. The van der Waals surface area contributed by atoms with Crippen molar-refractivity contribution in [3.8, 4) is 0 Å². The third kappa shape index (κ3) is 2.91. The molecular formula is C14H17N3O2S. The van der Waals surface area contributed by atoms with Crippen molar-refractivity contribution in [2.24, 2.45) is 0 Å². The molecule has 3 heterocycles. The van der Waals surface area contributed by atoms with Gasteiger partial charge < -0.3 is 9.42 Å². The first-order chi connectivity index (χ1) is 9.72. The summed E-state index contributed by atoms with van der Waals surface area (Å²) in [6.45, 7) is 6.05. The zero-order valence-corrected chi connectivity index (χ0v) is 12.2. The van der Waals surface area contributed by atoms with Gasteiger partial charge in [-0.2, -0.15) is 11.3 Å².